The van der Waals surface area contributed by atoms with Crippen LogP contribution < -0.4 is 10.1 Å². The molecule has 1 N–H and O–H groups in total. The van der Waals surface area contributed by atoms with E-state index in [0.717, 1.165) is 37.4 Å². The minimum Gasteiger partial charge on any atom is -0.494 e. The molecule has 1 unspecified atom stereocenters. The summed E-state index contributed by atoms with van der Waals surface area (Å²) in [5.41, 5.74) is 1.11. The molecule has 1 aromatic carbocycles. The third-order valence-electron chi connectivity index (χ3n) is 4.10. The monoisotopic (exact) mass is 290 g/mol. The van der Waals surface area contributed by atoms with Crippen LogP contribution in [-0.4, -0.2) is 43.2 Å². The maximum Gasteiger partial charge on any atom is 0.238 e. The van der Waals surface area contributed by atoms with Crippen molar-refractivity contribution < 1.29 is 14.3 Å². The lowest BCUT2D eigenvalue weighted by atomic mass is 10.0. The van der Waals surface area contributed by atoms with Crippen molar-refractivity contribution in [1.29, 1.82) is 0 Å². The van der Waals surface area contributed by atoms with Crippen LogP contribution in [-0.2, 0) is 9.53 Å². The van der Waals surface area contributed by atoms with Crippen LogP contribution in [0.1, 0.15) is 31.5 Å². The number of hydrogen-bond acceptors (Lipinski definition) is 4. The van der Waals surface area contributed by atoms with Gasteiger partial charge in [-0.3, -0.25) is 10.1 Å². The molecule has 2 fully saturated rings. The zero-order chi connectivity index (χ0) is 14.7. The Labute approximate surface area is 125 Å². The fraction of sp³-hybridized carbons (Fsp3) is 0.562. The van der Waals surface area contributed by atoms with Gasteiger partial charge in [0.1, 0.15) is 11.9 Å². The molecule has 0 aliphatic carbocycles. The molecule has 0 radical (unpaired) electrons. The Hall–Kier alpha value is -1.59. The number of nitrogens with zero attached hydrogens (tertiary/aromatic N) is 1. The number of carbonyl (C=O) groups is 1. The van der Waals surface area contributed by atoms with E-state index in [2.05, 4.69) is 5.32 Å². The van der Waals surface area contributed by atoms with Gasteiger partial charge in [-0.25, -0.2) is 0 Å². The van der Waals surface area contributed by atoms with Crippen LogP contribution in [0.25, 0.3) is 0 Å². The summed E-state index contributed by atoms with van der Waals surface area (Å²) in [7, 11) is 0. The van der Waals surface area contributed by atoms with Gasteiger partial charge in [0.05, 0.1) is 13.2 Å². The highest BCUT2D eigenvalue weighted by molar-refractivity contribution is 5.81. The Kier molecular flexibility index (Phi) is 4.41. The molecule has 21 heavy (non-hydrogen) atoms. The highest BCUT2D eigenvalue weighted by Crippen LogP contribution is 2.29. The molecular weight excluding hydrogens is 268 g/mol. The molecule has 1 aromatic rings. The van der Waals surface area contributed by atoms with Crippen molar-refractivity contribution in [2.24, 2.45) is 0 Å². The average molecular weight is 290 g/mol. The van der Waals surface area contributed by atoms with Crippen LogP contribution in [0.4, 0.5) is 0 Å². The number of benzene rings is 1. The van der Waals surface area contributed by atoms with Crippen molar-refractivity contribution in [3.8, 4) is 5.75 Å². The van der Waals surface area contributed by atoms with Crippen LogP contribution >= 0.6 is 0 Å². The Bertz CT molecular complexity index is 483. The maximum absolute atomic E-state index is 12.2. The standard InChI is InChI=1S/C16H22N2O3/c1-2-21-14-5-3-12(4-6-14)16-17-11-15(19)18(16)13-7-9-20-10-8-13/h3-6,13,16-17H,2,7-11H2,1H3. The third kappa shape index (κ3) is 3.04. The Morgan fingerprint density at radius 1 is 1.29 bits per heavy atom. The largest absolute Gasteiger partial charge is 0.494 e. The molecule has 5 heteroatoms. The lowest BCUT2D eigenvalue weighted by Crippen LogP contribution is -2.42. The molecule has 0 spiro atoms. The lowest BCUT2D eigenvalue weighted by Gasteiger charge is -2.35. The fourth-order valence-corrected chi connectivity index (χ4v) is 3.09. The molecule has 0 bridgehead atoms. The fourth-order valence-electron chi connectivity index (χ4n) is 3.09. The van der Waals surface area contributed by atoms with Crippen molar-refractivity contribution >= 4 is 5.91 Å². The summed E-state index contributed by atoms with van der Waals surface area (Å²) < 4.78 is 10.9. The van der Waals surface area contributed by atoms with E-state index in [9.17, 15) is 4.79 Å². The molecule has 2 heterocycles. The summed E-state index contributed by atoms with van der Waals surface area (Å²) in [5, 5.41) is 3.32. The Morgan fingerprint density at radius 3 is 2.67 bits per heavy atom. The second kappa shape index (κ2) is 6.45. The quantitative estimate of drug-likeness (QED) is 0.917. The minimum atomic E-state index is -0.0312. The molecule has 0 saturated carbocycles. The van der Waals surface area contributed by atoms with Gasteiger partial charge in [0.2, 0.25) is 5.91 Å². The van der Waals surface area contributed by atoms with Crippen molar-refractivity contribution in [3.63, 3.8) is 0 Å². The molecule has 2 aliphatic heterocycles. The SMILES string of the molecule is CCOc1ccc(C2NCC(=O)N2C2CCOCC2)cc1. The summed E-state index contributed by atoms with van der Waals surface area (Å²) in [4.78, 5) is 14.2. The molecule has 114 valence electrons. The first-order valence-electron chi connectivity index (χ1n) is 7.64. The van der Waals surface area contributed by atoms with Gasteiger partial charge < -0.3 is 14.4 Å². The number of amides is 1. The summed E-state index contributed by atoms with van der Waals surface area (Å²) in [6.45, 7) is 4.52. The molecule has 5 nitrogen and oxygen atoms in total. The second-order valence-electron chi connectivity index (χ2n) is 5.43. The van der Waals surface area contributed by atoms with Gasteiger partial charge in [0, 0.05) is 19.3 Å². The molecule has 3 rings (SSSR count). The van der Waals surface area contributed by atoms with Crippen LogP contribution in [0.15, 0.2) is 24.3 Å². The van der Waals surface area contributed by atoms with E-state index < -0.39 is 0 Å². The van der Waals surface area contributed by atoms with Gasteiger partial charge in [-0.2, -0.15) is 0 Å². The maximum atomic E-state index is 12.2. The number of hydrogen-bond donors (Lipinski definition) is 1. The van der Waals surface area contributed by atoms with Crippen molar-refractivity contribution in [3.05, 3.63) is 29.8 Å². The number of ether oxygens (including phenoxy) is 2. The predicted octanol–water partition coefficient (Wildman–Crippen LogP) is 1.69. The molecular formula is C16H22N2O3. The zero-order valence-electron chi connectivity index (χ0n) is 12.4. The zero-order valence-corrected chi connectivity index (χ0v) is 12.4. The van der Waals surface area contributed by atoms with Gasteiger partial charge >= 0.3 is 0 Å². The molecule has 1 atom stereocenters. The Morgan fingerprint density at radius 2 is 2.00 bits per heavy atom. The van der Waals surface area contributed by atoms with Gasteiger partial charge in [0.15, 0.2) is 0 Å². The van der Waals surface area contributed by atoms with E-state index in [1.54, 1.807) is 0 Å². The second-order valence-corrected chi connectivity index (χ2v) is 5.43. The normalized spacial score (nSPS) is 23.6. The van der Waals surface area contributed by atoms with Crippen LogP contribution in [0.3, 0.4) is 0 Å². The van der Waals surface area contributed by atoms with Crippen molar-refractivity contribution in [1.82, 2.24) is 10.2 Å². The first-order valence-corrected chi connectivity index (χ1v) is 7.64. The smallest absolute Gasteiger partial charge is 0.238 e. The van der Waals surface area contributed by atoms with E-state index in [4.69, 9.17) is 9.47 Å². The molecule has 0 aromatic heterocycles. The topological polar surface area (TPSA) is 50.8 Å². The van der Waals surface area contributed by atoms with Crippen LogP contribution in [0.2, 0.25) is 0 Å². The molecule has 1 amide bonds. The number of carbonyl (C=O) groups excluding carboxylic acids is 1. The summed E-state index contributed by atoms with van der Waals surface area (Å²) in [6, 6.07) is 8.27. The highest BCUT2D eigenvalue weighted by Gasteiger charge is 2.37. The third-order valence-corrected chi connectivity index (χ3v) is 4.10. The van der Waals surface area contributed by atoms with E-state index in [-0.39, 0.29) is 18.1 Å². The van der Waals surface area contributed by atoms with Gasteiger partial charge in [-0.15, -0.1) is 0 Å². The van der Waals surface area contributed by atoms with Crippen molar-refractivity contribution in [2.45, 2.75) is 32.0 Å². The summed E-state index contributed by atoms with van der Waals surface area (Å²) in [5.74, 6) is 1.05. The average Bonchev–Trinajstić information content (AvgIpc) is 2.91. The van der Waals surface area contributed by atoms with Crippen LogP contribution in [0, 0.1) is 0 Å². The number of rotatable bonds is 4. The van der Waals surface area contributed by atoms with E-state index >= 15 is 0 Å². The van der Waals surface area contributed by atoms with E-state index in [1.165, 1.54) is 0 Å². The Balaban J connectivity index is 1.77. The van der Waals surface area contributed by atoms with Gasteiger partial charge in [-0.1, -0.05) is 12.1 Å². The minimum absolute atomic E-state index is 0.0312. The van der Waals surface area contributed by atoms with E-state index in [1.807, 2.05) is 36.1 Å². The first-order chi connectivity index (χ1) is 10.3. The van der Waals surface area contributed by atoms with E-state index in [0.29, 0.717) is 13.2 Å². The lowest BCUT2D eigenvalue weighted by molar-refractivity contribution is -0.132. The van der Waals surface area contributed by atoms with Crippen molar-refractivity contribution in [2.75, 3.05) is 26.4 Å². The summed E-state index contributed by atoms with van der Waals surface area (Å²) in [6.07, 6.45) is 1.80. The number of nitrogens with one attached hydrogen (secondary N) is 1. The first kappa shape index (κ1) is 14.4. The van der Waals surface area contributed by atoms with Crippen LogP contribution in [0.5, 0.6) is 5.75 Å². The summed E-state index contributed by atoms with van der Waals surface area (Å²) >= 11 is 0. The van der Waals surface area contributed by atoms with Gasteiger partial charge in [0.25, 0.3) is 0 Å². The predicted molar refractivity (Wildman–Crippen MR) is 79.0 cm³/mol. The molecule has 2 aliphatic rings. The highest BCUT2D eigenvalue weighted by atomic mass is 16.5. The van der Waals surface area contributed by atoms with Gasteiger partial charge in [-0.05, 0) is 37.5 Å². The molecule has 2 saturated heterocycles.